The molecule has 1 atom stereocenters. The minimum absolute atomic E-state index is 0.154. The van der Waals surface area contributed by atoms with Gasteiger partial charge in [0.1, 0.15) is 0 Å². The Kier molecular flexibility index (Phi) is 5.74. The summed E-state index contributed by atoms with van der Waals surface area (Å²) < 4.78 is 5.24. The van der Waals surface area contributed by atoms with Crippen LogP contribution in [-0.4, -0.2) is 18.0 Å². The van der Waals surface area contributed by atoms with Crippen LogP contribution < -0.4 is 5.32 Å². The minimum atomic E-state index is -0.846. The van der Waals surface area contributed by atoms with E-state index in [1.165, 1.54) is 0 Å². The highest BCUT2D eigenvalue weighted by atomic mass is 16.5. The summed E-state index contributed by atoms with van der Waals surface area (Å²) in [5.74, 6) is -0.743. The predicted molar refractivity (Wildman–Crippen MR) is 95.0 cm³/mol. The van der Waals surface area contributed by atoms with Crippen LogP contribution in [0.25, 0.3) is 0 Å². The van der Waals surface area contributed by atoms with Gasteiger partial charge in [0.05, 0.1) is 6.42 Å². The van der Waals surface area contributed by atoms with Crippen molar-refractivity contribution in [1.29, 1.82) is 0 Å². The van der Waals surface area contributed by atoms with Gasteiger partial charge in [-0.1, -0.05) is 48.0 Å². The molecule has 0 fully saturated rings. The van der Waals surface area contributed by atoms with Crippen molar-refractivity contribution in [3.05, 3.63) is 64.7 Å². The molecular weight excluding hydrogens is 302 g/mol. The van der Waals surface area contributed by atoms with E-state index in [4.69, 9.17) is 4.74 Å². The smallest absolute Gasteiger partial charge is 0.311 e. The Morgan fingerprint density at radius 2 is 1.62 bits per heavy atom. The van der Waals surface area contributed by atoms with Crippen molar-refractivity contribution >= 4 is 17.6 Å². The van der Waals surface area contributed by atoms with Crippen LogP contribution in [0.3, 0.4) is 0 Å². The molecule has 0 aliphatic carbocycles. The van der Waals surface area contributed by atoms with Crippen LogP contribution in [0.2, 0.25) is 0 Å². The summed E-state index contributed by atoms with van der Waals surface area (Å²) in [5.41, 5.74) is 4.76. The van der Waals surface area contributed by atoms with Crippen molar-refractivity contribution in [2.45, 2.75) is 40.2 Å². The number of rotatable bonds is 5. The van der Waals surface area contributed by atoms with E-state index in [1.807, 2.05) is 63.2 Å². The average molecular weight is 325 g/mol. The van der Waals surface area contributed by atoms with Crippen molar-refractivity contribution in [2.75, 3.05) is 5.32 Å². The van der Waals surface area contributed by atoms with Gasteiger partial charge in [0, 0.05) is 5.69 Å². The highest BCUT2D eigenvalue weighted by molar-refractivity contribution is 5.96. The van der Waals surface area contributed by atoms with Gasteiger partial charge in [0.25, 0.3) is 5.91 Å². The zero-order valence-corrected chi connectivity index (χ0v) is 14.6. The standard InChI is InChI=1S/C20H23NO3/c1-13-10-14(2)19(15(3)11-13)21-20(23)16(4)24-18(22)12-17-8-6-5-7-9-17/h5-11,16H,12H2,1-4H3,(H,21,23)/t16-/m0/s1. The lowest BCUT2D eigenvalue weighted by Crippen LogP contribution is -2.31. The van der Waals surface area contributed by atoms with E-state index in [9.17, 15) is 9.59 Å². The van der Waals surface area contributed by atoms with Crippen LogP contribution in [0.4, 0.5) is 5.69 Å². The third-order valence-electron chi connectivity index (χ3n) is 3.79. The lowest BCUT2D eigenvalue weighted by Gasteiger charge is -2.17. The Balaban J connectivity index is 1.96. The number of anilines is 1. The van der Waals surface area contributed by atoms with Crippen molar-refractivity contribution in [2.24, 2.45) is 0 Å². The first-order valence-electron chi connectivity index (χ1n) is 7.99. The first-order valence-corrected chi connectivity index (χ1v) is 7.99. The fraction of sp³-hybridized carbons (Fsp3) is 0.300. The van der Waals surface area contributed by atoms with E-state index in [-0.39, 0.29) is 12.3 Å². The molecule has 0 aliphatic rings. The van der Waals surface area contributed by atoms with E-state index in [2.05, 4.69) is 5.32 Å². The maximum atomic E-state index is 12.3. The average Bonchev–Trinajstić information content (AvgIpc) is 2.51. The van der Waals surface area contributed by atoms with Gasteiger partial charge >= 0.3 is 5.97 Å². The van der Waals surface area contributed by atoms with Gasteiger partial charge in [-0.05, 0) is 44.4 Å². The Labute approximate surface area is 142 Å². The molecule has 0 radical (unpaired) electrons. The van der Waals surface area contributed by atoms with Crippen LogP contribution in [0.1, 0.15) is 29.2 Å². The SMILES string of the molecule is Cc1cc(C)c(NC(=O)[C@H](C)OC(=O)Cc2ccccc2)c(C)c1. The van der Waals surface area contributed by atoms with E-state index < -0.39 is 12.1 Å². The highest BCUT2D eigenvalue weighted by Crippen LogP contribution is 2.22. The number of amides is 1. The molecule has 126 valence electrons. The quantitative estimate of drug-likeness (QED) is 0.852. The van der Waals surface area contributed by atoms with E-state index in [0.29, 0.717) is 0 Å². The predicted octanol–water partition coefficient (Wildman–Crippen LogP) is 3.72. The maximum absolute atomic E-state index is 12.3. The number of carbonyl (C=O) groups excluding carboxylic acids is 2. The number of hydrogen-bond donors (Lipinski definition) is 1. The first-order chi connectivity index (χ1) is 11.4. The van der Waals surface area contributed by atoms with Gasteiger partial charge in [0.2, 0.25) is 0 Å². The molecule has 2 aromatic carbocycles. The second kappa shape index (κ2) is 7.77. The van der Waals surface area contributed by atoms with Gasteiger partial charge < -0.3 is 10.1 Å². The minimum Gasteiger partial charge on any atom is -0.452 e. The Hall–Kier alpha value is -2.62. The van der Waals surface area contributed by atoms with Crippen LogP contribution in [0, 0.1) is 20.8 Å². The van der Waals surface area contributed by atoms with E-state index in [1.54, 1.807) is 6.92 Å². The number of ether oxygens (including phenoxy) is 1. The summed E-state index contributed by atoms with van der Waals surface area (Å²) in [6.45, 7) is 7.49. The number of hydrogen-bond acceptors (Lipinski definition) is 3. The topological polar surface area (TPSA) is 55.4 Å². The summed E-state index contributed by atoms with van der Waals surface area (Å²) in [6, 6.07) is 13.3. The molecule has 1 amide bonds. The van der Waals surface area contributed by atoms with Crippen LogP contribution in [0.15, 0.2) is 42.5 Å². The lowest BCUT2D eigenvalue weighted by atomic mass is 10.0. The molecule has 0 spiro atoms. The van der Waals surface area contributed by atoms with Gasteiger partial charge in [0.15, 0.2) is 6.10 Å². The van der Waals surface area contributed by atoms with Gasteiger partial charge in [-0.15, -0.1) is 0 Å². The summed E-state index contributed by atoms with van der Waals surface area (Å²) >= 11 is 0. The first kappa shape index (κ1) is 17.7. The second-order valence-electron chi connectivity index (χ2n) is 6.06. The molecule has 2 rings (SSSR count). The van der Waals surface area contributed by atoms with Gasteiger partial charge in [-0.3, -0.25) is 9.59 Å². The van der Waals surface area contributed by atoms with Crippen LogP contribution >= 0.6 is 0 Å². The molecule has 0 heterocycles. The maximum Gasteiger partial charge on any atom is 0.311 e. The molecule has 0 saturated carbocycles. The molecule has 2 aromatic rings. The fourth-order valence-electron chi connectivity index (χ4n) is 2.66. The number of esters is 1. The van der Waals surface area contributed by atoms with Gasteiger partial charge in [-0.2, -0.15) is 0 Å². The van der Waals surface area contributed by atoms with E-state index in [0.717, 1.165) is 27.9 Å². The number of carbonyl (C=O) groups is 2. The Bertz CT molecular complexity index is 715. The van der Waals surface area contributed by atoms with Crippen molar-refractivity contribution in [3.8, 4) is 0 Å². The normalized spacial score (nSPS) is 11.7. The summed E-state index contributed by atoms with van der Waals surface area (Å²) in [4.78, 5) is 24.3. The molecule has 4 nitrogen and oxygen atoms in total. The third-order valence-corrected chi connectivity index (χ3v) is 3.79. The zero-order valence-electron chi connectivity index (χ0n) is 14.6. The van der Waals surface area contributed by atoms with Crippen molar-refractivity contribution < 1.29 is 14.3 Å². The molecule has 0 saturated heterocycles. The Morgan fingerprint density at radius 1 is 1.04 bits per heavy atom. The van der Waals surface area contributed by atoms with Crippen molar-refractivity contribution in [1.82, 2.24) is 0 Å². The number of aryl methyl sites for hydroxylation is 3. The summed E-state index contributed by atoms with van der Waals surface area (Å²) in [5, 5.41) is 2.86. The van der Waals surface area contributed by atoms with Gasteiger partial charge in [-0.25, -0.2) is 0 Å². The zero-order chi connectivity index (χ0) is 17.7. The Morgan fingerprint density at radius 3 is 2.21 bits per heavy atom. The molecule has 0 bridgehead atoms. The monoisotopic (exact) mass is 325 g/mol. The molecular formula is C20H23NO3. The molecule has 4 heteroatoms. The summed E-state index contributed by atoms with van der Waals surface area (Å²) in [6.07, 6.45) is -0.692. The second-order valence-corrected chi connectivity index (χ2v) is 6.06. The van der Waals surface area contributed by atoms with Crippen LogP contribution in [-0.2, 0) is 20.7 Å². The number of benzene rings is 2. The molecule has 24 heavy (non-hydrogen) atoms. The lowest BCUT2D eigenvalue weighted by molar-refractivity contribution is -0.152. The highest BCUT2D eigenvalue weighted by Gasteiger charge is 2.19. The van der Waals surface area contributed by atoms with Crippen LogP contribution in [0.5, 0.6) is 0 Å². The molecule has 0 aromatic heterocycles. The molecule has 0 aliphatic heterocycles. The van der Waals surface area contributed by atoms with E-state index >= 15 is 0 Å². The number of nitrogens with one attached hydrogen (secondary N) is 1. The fourth-order valence-corrected chi connectivity index (χ4v) is 2.66. The largest absolute Gasteiger partial charge is 0.452 e. The third kappa shape index (κ3) is 4.69. The molecule has 0 unspecified atom stereocenters. The molecule has 1 N–H and O–H groups in total. The summed E-state index contributed by atoms with van der Waals surface area (Å²) in [7, 11) is 0. The van der Waals surface area contributed by atoms with Crippen molar-refractivity contribution in [3.63, 3.8) is 0 Å².